The fourth-order valence-corrected chi connectivity index (χ4v) is 3.19. The third kappa shape index (κ3) is 3.56. The van der Waals surface area contributed by atoms with Crippen molar-refractivity contribution in [1.82, 2.24) is 5.43 Å². The van der Waals surface area contributed by atoms with E-state index in [0.29, 0.717) is 6.04 Å². The highest BCUT2D eigenvalue weighted by molar-refractivity contribution is 9.10. The van der Waals surface area contributed by atoms with Crippen LogP contribution in [0.25, 0.3) is 0 Å². The second-order valence-corrected chi connectivity index (χ2v) is 6.32. The van der Waals surface area contributed by atoms with Gasteiger partial charge in [-0.05, 0) is 36.5 Å². The lowest BCUT2D eigenvalue weighted by Gasteiger charge is -2.26. The van der Waals surface area contributed by atoms with Gasteiger partial charge in [0.1, 0.15) is 0 Å². The molecule has 0 aliphatic heterocycles. The van der Waals surface area contributed by atoms with Gasteiger partial charge in [-0.3, -0.25) is 11.3 Å². The molecule has 1 atom stereocenters. The Bertz CT molecular complexity index is 386. The van der Waals surface area contributed by atoms with E-state index in [0.717, 1.165) is 12.3 Å². The first kappa shape index (κ1) is 14.0. The second kappa shape index (κ2) is 6.69. The van der Waals surface area contributed by atoms with E-state index in [1.807, 2.05) is 0 Å². The van der Waals surface area contributed by atoms with Crippen molar-refractivity contribution >= 4 is 15.9 Å². The van der Waals surface area contributed by atoms with Crippen LogP contribution >= 0.6 is 15.9 Å². The van der Waals surface area contributed by atoms with Crippen LogP contribution < -0.4 is 11.3 Å². The highest BCUT2D eigenvalue weighted by Crippen LogP contribution is 2.32. The third-order valence-corrected chi connectivity index (χ3v) is 4.97. The Labute approximate surface area is 118 Å². The van der Waals surface area contributed by atoms with Crippen molar-refractivity contribution in [2.45, 2.75) is 51.5 Å². The Morgan fingerprint density at radius 1 is 1.33 bits per heavy atom. The molecule has 0 heterocycles. The van der Waals surface area contributed by atoms with E-state index in [1.54, 1.807) is 0 Å². The summed E-state index contributed by atoms with van der Waals surface area (Å²) in [6, 6.07) is 6.82. The molecule has 0 aromatic heterocycles. The van der Waals surface area contributed by atoms with E-state index in [2.05, 4.69) is 46.5 Å². The summed E-state index contributed by atoms with van der Waals surface area (Å²) in [5, 5.41) is 0. The van der Waals surface area contributed by atoms with E-state index in [1.165, 1.54) is 47.7 Å². The number of nitrogens with one attached hydrogen (secondary N) is 1. The van der Waals surface area contributed by atoms with Crippen molar-refractivity contribution in [3.8, 4) is 0 Å². The molecular formula is C15H23BrN2. The van der Waals surface area contributed by atoms with Crippen LogP contribution in [-0.2, 0) is 0 Å². The summed E-state index contributed by atoms with van der Waals surface area (Å²) >= 11 is 3.55. The van der Waals surface area contributed by atoms with Crippen molar-refractivity contribution in [1.29, 1.82) is 0 Å². The van der Waals surface area contributed by atoms with Gasteiger partial charge in [0, 0.05) is 10.5 Å². The molecule has 1 unspecified atom stereocenters. The molecule has 1 aliphatic carbocycles. The van der Waals surface area contributed by atoms with Gasteiger partial charge >= 0.3 is 0 Å². The van der Waals surface area contributed by atoms with Crippen molar-refractivity contribution in [2.75, 3.05) is 0 Å². The van der Waals surface area contributed by atoms with Crippen LogP contribution in [0, 0.1) is 12.8 Å². The number of nitrogens with two attached hydrogens (primary N) is 1. The molecule has 1 saturated carbocycles. The topological polar surface area (TPSA) is 38.0 Å². The zero-order valence-corrected chi connectivity index (χ0v) is 12.7. The Morgan fingerprint density at radius 2 is 2.06 bits per heavy atom. The molecule has 3 heteroatoms. The summed E-state index contributed by atoms with van der Waals surface area (Å²) < 4.78 is 1.17. The van der Waals surface area contributed by atoms with E-state index < -0.39 is 0 Å². The lowest BCUT2D eigenvalue weighted by molar-refractivity contribution is 0.301. The summed E-state index contributed by atoms with van der Waals surface area (Å²) in [4.78, 5) is 0. The van der Waals surface area contributed by atoms with Gasteiger partial charge in [0.25, 0.3) is 0 Å². The van der Waals surface area contributed by atoms with Crippen LogP contribution in [0.4, 0.5) is 0 Å². The molecule has 0 spiro atoms. The van der Waals surface area contributed by atoms with E-state index in [9.17, 15) is 0 Å². The maximum atomic E-state index is 5.75. The number of hydrogen-bond acceptors (Lipinski definition) is 2. The maximum Gasteiger partial charge on any atom is 0.0462 e. The Balaban J connectivity index is 2.04. The normalized spacial score (nSPS) is 18.8. The van der Waals surface area contributed by atoms with Crippen LogP contribution in [0.15, 0.2) is 22.7 Å². The van der Waals surface area contributed by atoms with Crippen LogP contribution in [0.1, 0.15) is 55.7 Å². The summed E-state index contributed by atoms with van der Waals surface area (Å²) in [5.74, 6) is 6.59. The van der Waals surface area contributed by atoms with Gasteiger partial charge in [0.2, 0.25) is 0 Å². The molecule has 0 saturated heterocycles. The largest absolute Gasteiger partial charge is 0.271 e. The van der Waals surface area contributed by atoms with Crippen molar-refractivity contribution < 1.29 is 0 Å². The smallest absolute Gasteiger partial charge is 0.0462 e. The Morgan fingerprint density at radius 3 is 2.67 bits per heavy atom. The highest BCUT2D eigenvalue weighted by Gasteiger charge is 2.19. The average Bonchev–Trinajstić information content (AvgIpc) is 2.40. The molecule has 1 fully saturated rings. The number of hydrazine groups is 1. The first-order valence-corrected chi connectivity index (χ1v) is 7.72. The molecule has 2 rings (SSSR count). The molecule has 0 radical (unpaired) electrons. The quantitative estimate of drug-likeness (QED) is 0.645. The van der Waals surface area contributed by atoms with Gasteiger partial charge in [-0.25, -0.2) is 0 Å². The first-order valence-electron chi connectivity index (χ1n) is 6.93. The molecule has 100 valence electrons. The van der Waals surface area contributed by atoms with Crippen LogP contribution in [0.3, 0.4) is 0 Å². The fraction of sp³-hybridized carbons (Fsp3) is 0.600. The lowest BCUT2D eigenvalue weighted by Crippen LogP contribution is -2.30. The van der Waals surface area contributed by atoms with Gasteiger partial charge in [-0.15, -0.1) is 0 Å². The van der Waals surface area contributed by atoms with E-state index in [4.69, 9.17) is 5.84 Å². The lowest BCUT2D eigenvalue weighted by atomic mass is 9.83. The average molecular weight is 311 g/mol. The zero-order chi connectivity index (χ0) is 13.0. The third-order valence-electron chi connectivity index (χ3n) is 4.08. The predicted octanol–water partition coefficient (Wildman–Crippen LogP) is 4.23. The molecule has 1 aliphatic rings. The number of benzene rings is 1. The second-order valence-electron chi connectivity index (χ2n) is 5.47. The van der Waals surface area contributed by atoms with Gasteiger partial charge in [0.05, 0.1) is 0 Å². The monoisotopic (exact) mass is 310 g/mol. The van der Waals surface area contributed by atoms with Crippen molar-refractivity contribution in [2.24, 2.45) is 11.8 Å². The molecule has 3 N–H and O–H groups in total. The van der Waals surface area contributed by atoms with Gasteiger partial charge in [0.15, 0.2) is 0 Å². The number of aryl methyl sites for hydroxylation is 1. The highest BCUT2D eigenvalue weighted by atomic mass is 79.9. The first-order chi connectivity index (χ1) is 8.70. The Hall–Kier alpha value is -0.380. The molecular weight excluding hydrogens is 288 g/mol. The van der Waals surface area contributed by atoms with Crippen molar-refractivity contribution in [3.63, 3.8) is 0 Å². The van der Waals surface area contributed by atoms with Crippen LogP contribution in [0.2, 0.25) is 0 Å². The zero-order valence-electron chi connectivity index (χ0n) is 11.1. The van der Waals surface area contributed by atoms with Gasteiger partial charge < -0.3 is 0 Å². The minimum atomic E-state index is 0.292. The molecule has 18 heavy (non-hydrogen) atoms. The summed E-state index contributed by atoms with van der Waals surface area (Å²) in [7, 11) is 0. The minimum Gasteiger partial charge on any atom is -0.271 e. The summed E-state index contributed by atoms with van der Waals surface area (Å²) in [6.45, 7) is 2.13. The van der Waals surface area contributed by atoms with Gasteiger partial charge in [-0.2, -0.15) is 0 Å². The molecule has 1 aromatic carbocycles. The van der Waals surface area contributed by atoms with Gasteiger partial charge in [-0.1, -0.05) is 60.2 Å². The molecule has 2 nitrogen and oxygen atoms in total. The summed E-state index contributed by atoms with van der Waals surface area (Å²) in [6.07, 6.45) is 8.09. The fourth-order valence-electron chi connectivity index (χ4n) is 2.94. The SMILES string of the molecule is Cc1cc(C(CC2CCCCC2)NN)ccc1Br. The molecule has 0 bridgehead atoms. The van der Waals surface area contributed by atoms with E-state index in [-0.39, 0.29) is 0 Å². The van der Waals surface area contributed by atoms with E-state index >= 15 is 0 Å². The Kier molecular flexibility index (Phi) is 5.22. The standard InChI is InChI=1S/C15H23BrN2/c1-11-9-13(7-8-14(11)16)15(18-17)10-12-5-3-2-4-6-12/h7-9,12,15,18H,2-6,10,17H2,1H3. The maximum absolute atomic E-state index is 5.75. The number of hydrogen-bond donors (Lipinski definition) is 2. The molecule has 1 aromatic rings. The van der Waals surface area contributed by atoms with Crippen LogP contribution in [0.5, 0.6) is 0 Å². The minimum absolute atomic E-state index is 0.292. The number of halogens is 1. The number of rotatable bonds is 4. The summed E-state index contributed by atoms with van der Waals surface area (Å²) in [5.41, 5.74) is 5.58. The van der Waals surface area contributed by atoms with Crippen LogP contribution in [-0.4, -0.2) is 0 Å². The molecule has 0 amide bonds. The predicted molar refractivity (Wildman–Crippen MR) is 80.1 cm³/mol. The van der Waals surface area contributed by atoms with Crippen molar-refractivity contribution in [3.05, 3.63) is 33.8 Å².